The van der Waals surface area contributed by atoms with E-state index in [9.17, 15) is 14.4 Å². The summed E-state index contributed by atoms with van der Waals surface area (Å²) in [4.78, 5) is 32.2. The summed E-state index contributed by atoms with van der Waals surface area (Å²) in [7, 11) is 0. The number of ether oxygens (including phenoxy) is 2. The molecule has 0 atom stereocenters. The van der Waals surface area contributed by atoms with E-state index in [1.54, 1.807) is 0 Å². The average molecular weight is 172 g/mol. The van der Waals surface area contributed by atoms with Gasteiger partial charge in [-0.25, -0.2) is 0 Å². The Balaban J connectivity index is 2.68. The van der Waals surface area contributed by atoms with E-state index in [1.807, 2.05) is 0 Å². The molecule has 1 fully saturated rings. The lowest BCUT2D eigenvalue weighted by Crippen LogP contribution is -2.27. The first-order valence-corrected chi connectivity index (χ1v) is 3.49. The molecule has 1 heterocycles. The summed E-state index contributed by atoms with van der Waals surface area (Å²) in [6.45, 7) is 1.19. The molecule has 0 aromatic rings. The molecule has 0 aromatic heterocycles. The highest BCUT2D eigenvalue weighted by Gasteiger charge is 2.27. The molecular weight excluding hydrogens is 164 g/mol. The first kappa shape index (κ1) is 8.70. The van der Waals surface area contributed by atoms with Gasteiger partial charge in [0.2, 0.25) is 5.78 Å². The van der Waals surface area contributed by atoms with Gasteiger partial charge in [0.25, 0.3) is 0 Å². The van der Waals surface area contributed by atoms with Gasteiger partial charge in [-0.2, -0.15) is 0 Å². The van der Waals surface area contributed by atoms with E-state index in [0.717, 1.165) is 0 Å². The van der Waals surface area contributed by atoms with Crippen LogP contribution < -0.4 is 0 Å². The molecule has 0 amide bonds. The van der Waals surface area contributed by atoms with Crippen molar-refractivity contribution >= 4 is 17.7 Å². The van der Waals surface area contributed by atoms with Crippen LogP contribution in [-0.2, 0) is 23.9 Å². The molecule has 0 radical (unpaired) electrons. The van der Waals surface area contributed by atoms with Gasteiger partial charge in [0, 0.05) is 6.92 Å². The van der Waals surface area contributed by atoms with Gasteiger partial charge in [0.15, 0.2) is 0 Å². The van der Waals surface area contributed by atoms with Crippen LogP contribution in [0, 0.1) is 0 Å². The van der Waals surface area contributed by atoms with E-state index < -0.39 is 24.0 Å². The molecular formula is C7H8O5. The summed E-state index contributed by atoms with van der Waals surface area (Å²) >= 11 is 0. The third-order valence-electron chi connectivity index (χ3n) is 1.34. The van der Waals surface area contributed by atoms with Gasteiger partial charge in [0.05, 0.1) is 12.8 Å². The molecule has 0 aromatic carbocycles. The second-order valence-corrected chi connectivity index (χ2v) is 2.42. The van der Waals surface area contributed by atoms with E-state index in [0.29, 0.717) is 0 Å². The molecule has 0 saturated carbocycles. The van der Waals surface area contributed by atoms with Gasteiger partial charge in [-0.1, -0.05) is 0 Å². The summed E-state index contributed by atoms with van der Waals surface area (Å²) < 4.78 is 9.02. The molecule has 1 rings (SSSR count). The molecule has 0 spiro atoms. The summed E-state index contributed by atoms with van der Waals surface area (Å²) in [6.07, 6.45) is -1.39. The number of hydrogen-bond donors (Lipinski definition) is 0. The molecule has 0 unspecified atom stereocenters. The zero-order valence-electron chi connectivity index (χ0n) is 6.53. The zero-order chi connectivity index (χ0) is 9.14. The second kappa shape index (κ2) is 3.34. The van der Waals surface area contributed by atoms with Crippen LogP contribution >= 0.6 is 0 Å². The van der Waals surface area contributed by atoms with Crippen molar-refractivity contribution in [1.82, 2.24) is 0 Å². The maximum Gasteiger partial charge on any atom is 0.309 e. The lowest BCUT2D eigenvalue weighted by molar-refractivity contribution is -0.184. The predicted octanol–water partition coefficient (Wildman–Crippen LogP) is -0.218. The van der Waals surface area contributed by atoms with Crippen LogP contribution in [0.5, 0.6) is 0 Å². The smallest absolute Gasteiger partial charge is 0.309 e. The van der Waals surface area contributed by atoms with E-state index >= 15 is 0 Å². The minimum Gasteiger partial charge on any atom is -0.417 e. The van der Waals surface area contributed by atoms with Gasteiger partial charge in [-0.15, -0.1) is 0 Å². The highest BCUT2D eigenvalue weighted by atomic mass is 16.7. The monoisotopic (exact) mass is 172 g/mol. The molecule has 0 N–H and O–H groups in total. The van der Waals surface area contributed by atoms with Crippen molar-refractivity contribution in [3.8, 4) is 0 Å². The van der Waals surface area contributed by atoms with Gasteiger partial charge in [-0.3, -0.25) is 14.4 Å². The Hall–Kier alpha value is -1.39. The van der Waals surface area contributed by atoms with Crippen molar-refractivity contribution in [3.05, 3.63) is 0 Å². The zero-order valence-corrected chi connectivity index (χ0v) is 6.53. The molecule has 1 saturated heterocycles. The topological polar surface area (TPSA) is 69.7 Å². The lowest BCUT2D eigenvalue weighted by atomic mass is 10.3. The number of carbonyl (C=O) groups is 3. The van der Waals surface area contributed by atoms with Gasteiger partial charge < -0.3 is 9.47 Å². The van der Waals surface area contributed by atoms with Crippen LogP contribution in [-0.4, -0.2) is 24.0 Å². The number of rotatable bonds is 1. The van der Waals surface area contributed by atoms with Gasteiger partial charge in [0.1, 0.15) is 0 Å². The standard InChI is InChI=1S/C7H8O5/c1-4(8)7-11-5(9)2-3-6(10)12-7/h7H,2-3H2,1H3. The highest BCUT2D eigenvalue weighted by Crippen LogP contribution is 2.08. The number of hydrogen-bond acceptors (Lipinski definition) is 5. The van der Waals surface area contributed by atoms with Crippen molar-refractivity contribution in [3.63, 3.8) is 0 Å². The normalized spacial score (nSPS) is 19.4. The Morgan fingerprint density at radius 2 is 1.67 bits per heavy atom. The van der Waals surface area contributed by atoms with Crippen molar-refractivity contribution in [2.75, 3.05) is 0 Å². The maximum atomic E-state index is 10.7. The van der Waals surface area contributed by atoms with E-state index in [1.165, 1.54) is 6.92 Å². The second-order valence-electron chi connectivity index (χ2n) is 2.42. The van der Waals surface area contributed by atoms with Crippen LogP contribution in [0.2, 0.25) is 0 Å². The molecule has 12 heavy (non-hydrogen) atoms. The first-order valence-electron chi connectivity index (χ1n) is 3.49. The fraction of sp³-hybridized carbons (Fsp3) is 0.571. The number of cyclic esters (lactones) is 2. The van der Waals surface area contributed by atoms with Gasteiger partial charge in [-0.05, 0) is 0 Å². The number of ketones is 1. The third-order valence-corrected chi connectivity index (χ3v) is 1.34. The minimum absolute atomic E-state index is 0.0252. The summed E-state index contributed by atoms with van der Waals surface area (Å²) in [5.41, 5.74) is 0. The Morgan fingerprint density at radius 3 is 2.00 bits per heavy atom. The number of esters is 2. The van der Waals surface area contributed by atoms with Gasteiger partial charge >= 0.3 is 18.2 Å². The van der Waals surface area contributed by atoms with Crippen molar-refractivity contribution in [2.45, 2.75) is 26.1 Å². The molecule has 0 aliphatic carbocycles. The van der Waals surface area contributed by atoms with E-state index in [4.69, 9.17) is 0 Å². The minimum atomic E-state index is -1.34. The Bertz CT molecular complexity index is 214. The summed E-state index contributed by atoms with van der Waals surface area (Å²) in [6, 6.07) is 0. The molecule has 66 valence electrons. The highest BCUT2D eigenvalue weighted by molar-refractivity contribution is 5.87. The fourth-order valence-electron chi connectivity index (χ4n) is 0.751. The predicted molar refractivity (Wildman–Crippen MR) is 35.9 cm³/mol. The molecule has 5 heteroatoms. The largest absolute Gasteiger partial charge is 0.417 e. The average Bonchev–Trinajstić information content (AvgIpc) is 2.13. The van der Waals surface area contributed by atoms with Crippen molar-refractivity contribution < 1.29 is 23.9 Å². The Morgan fingerprint density at radius 1 is 1.25 bits per heavy atom. The SMILES string of the molecule is CC(=O)C1OC(=O)CCC(=O)O1. The third kappa shape index (κ3) is 2.05. The number of Topliss-reactive ketones (excluding diaryl/α,β-unsaturated/α-hetero) is 1. The lowest BCUT2D eigenvalue weighted by Gasteiger charge is -2.10. The van der Waals surface area contributed by atoms with Crippen LogP contribution in [0.3, 0.4) is 0 Å². The molecule has 0 bridgehead atoms. The maximum absolute atomic E-state index is 10.7. The Labute approximate surface area is 68.6 Å². The van der Waals surface area contributed by atoms with E-state index in [2.05, 4.69) is 9.47 Å². The van der Waals surface area contributed by atoms with Crippen LogP contribution in [0.1, 0.15) is 19.8 Å². The van der Waals surface area contributed by atoms with Crippen LogP contribution in [0.25, 0.3) is 0 Å². The Kier molecular flexibility index (Phi) is 2.42. The molecule has 5 nitrogen and oxygen atoms in total. The van der Waals surface area contributed by atoms with Crippen LogP contribution in [0.15, 0.2) is 0 Å². The molecule has 1 aliphatic heterocycles. The summed E-state index contributed by atoms with van der Waals surface area (Å²) in [5.74, 6) is -1.65. The van der Waals surface area contributed by atoms with E-state index in [-0.39, 0.29) is 12.8 Å². The number of carbonyl (C=O) groups excluding carboxylic acids is 3. The quantitative estimate of drug-likeness (QED) is 0.511. The van der Waals surface area contributed by atoms with Crippen molar-refractivity contribution in [1.29, 1.82) is 0 Å². The summed E-state index contributed by atoms with van der Waals surface area (Å²) in [5, 5.41) is 0. The van der Waals surface area contributed by atoms with Crippen molar-refractivity contribution in [2.24, 2.45) is 0 Å². The molecule has 1 aliphatic rings. The first-order chi connectivity index (χ1) is 5.59. The van der Waals surface area contributed by atoms with Crippen LogP contribution in [0.4, 0.5) is 0 Å². The fourth-order valence-corrected chi connectivity index (χ4v) is 0.751.